The van der Waals surface area contributed by atoms with E-state index in [1.165, 1.54) is 29.3 Å². The molecule has 0 spiro atoms. The van der Waals surface area contributed by atoms with Gasteiger partial charge in [-0.1, -0.05) is 6.92 Å². The fourth-order valence-corrected chi connectivity index (χ4v) is 7.56. The molecule has 42 heavy (non-hydrogen) atoms. The predicted octanol–water partition coefficient (Wildman–Crippen LogP) is 5.97. The van der Waals surface area contributed by atoms with Crippen molar-refractivity contribution in [1.29, 1.82) is 0 Å². The normalized spacial score (nSPS) is 16.0. The van der Waals surface area contributed by atoms with E-state index >= 15 is 0 Å². The van der Waals surface area contributed by atoms with E-state index in [4.69, 9.17) is 23.3 Å². The number of thiazole rings is 1. The highest BCUT2D eigenvalue weighted by molar-refractivity contribution is 7.98. The summed E-state index contributed by atoms with van der Waals surface area (Å²) in [4.78, 5) is 24.3. The summed E-state index contributed by atoms with van der Waals surface area (Å²) in [6, 6.07) is 8.28. The molecule has 2 atom stereocenters. The summed E-state index contributed by atoms with van der Waals surface area (Å²) in [6.45, 7) is 3.13. The monoisotopic (exact) mass is 655 g/mol. The number of hydrogen-bond donors (Lipinski definition) is 0. The number of methoxy groups -OCH3 is 1. The Morgan fingerprint density at radius 3 is 2.64 bits per heavy atom. The Morgan fingerprint density at radius 2 is 2.00 bits per heavy atom. The summed E-state index contributed by atoms with van der Waals surface area (Å²) in [5.41, 5.74) is 0.862. The van der Waals surface area contributed by atoms with E-state index in [0.29, 0.717) is 77.2 Å². The van der Waals surface area contributed by atoms with E-state index < -0.39 is 18.8 Å². The van der Waals surface area contributed by atoms with Crippen molar-refractivity contribution < 1.29 is 37.2 Å². The van der Waals surface area contributed by atoms with Crippen LogP contribution in [0, 0.1) is 0 Å². The van der Waals surface area contributed by atoms with Gasteiger partial charge in [-0.05, 0) is 37.3 Å². The number of benzene rings is 1. The molecule has 0 saturated carbocycles. The second kappa shape index (κ2) is 15.5. The first-order valence-electron chi connectivity index (χ1n) is 13.1. The van der Waals surface area contributed by atoms with Gasteiger partial charge in [-0.2, -0.15) is 0 Å². The van der Waals surface area contributed by atoms with Crippen LogP contribution in [0.5, 0.6) is 17.2 Å². The van der Waals surface area contributed by atoms with Gasteiger partial charge >= 0.3 is 7.60 Å². The highest BCUT2D eigenvalue weighted by Crippen LogP contribution is 2.53. The molecule has 1 saturated heterocycles. The minimum Gasteiger partial charge on any atom is -0.610 e. The molecule has 3 heterocycles. The van der Waals surface area contributed by atoms with Crippen LogP contribution in [-0.4, -0.2) is 71.9 Å². The number of rotatable bonds is 14. The van der Waals surface area contributed by atoms with E-state index in [9.17, 15) is 13.9 Å². The zero-order valence-electron chi connectivity index (χ0n) is 23.8. The van der Waals surface area contributed by atoms with Crippen LogP contribution in [0.4, 0.5) is 5.13 Å². The number of anilines is 1. The molecule has 1 aliphatic rings. The molecule has 3 aromatic rings. The average Bonchev–Trinajstić information content (AvgIpc) is 3.43. The maximum atomic E-state index is 13.9. The third-order valence-electron chi connectivity index (χ3n) is 5.97. The Bertz CT molecular complexity index is 1360. The van der Waals surface area contributed by atoms with Crippen molar-refractivity contribution in [3.05, 3.63) is 53.2 Å². The van der Waals surface area contributed by atoms with Crippen LogP contribution in [-0.2, 0) is 35.7 Å². The first-order chi connectivity index (χ1) is 20.2. The molecule has 0 N–H and O–H groups in total. The Kier molecular flexibility index (Phi) is 12.1. The van der Waals surface area contributed by atoms with Gasteiger partial charge in [-0.3, -0.25) is 14.3 Å². The molecule has 15 heteroatoms. The maximum Gasteiger partial charge on any atom is 0.336 e. The number of aromatic nitrogens is 2. The fourth-order valence-electron chi connectivity index (χ4n) is 3.94. The predicted molar refractivity (Wildman–Crippen MR) is 165 cm³/mol. The van der Waals surface area contributed by atoms with E-state index in [1.807, 2.05) is 13.2 Å². The van der Waals surface area contributed by atoms with E-state index in [1.54, 1.807) is 54.0 Å². The molecule has 0 radical (unpaired) electrons. The first-order valence-corrected chi connectivity index (χ1v) is 18.7. The van der Waals surface area contributed by atoms with E-state index in [-0.39, 0.29) is 18.2 Å². The first kappa shape index (κ1) is 32.7. The maximum absolute atomic E-state index is 13.9. The topological polar surface area (TPSA) is 132 Å². The number of amides is 1. The van der Waals surface area contributed by atoms with Crippen molar-refractivity contribution in [2.24, 2.45) is 0 Å². The Balaban J connectivity index is 1.62. The molecule has 2 aromatic heterocycles. The minimum absolute atomic E-state index is 0.0441. The molecule has 4 rings (SSSR count). The van der Waals surface area contributed by atoms with Gasteiger partial charge in [-0.15, -0.1) is 23.1 Å². The summed E-state index contributed by atoms with van der Waals surface area (Å²) in [5, 5.41) is 2.66. The highest BCUT2D eigenvalue weighted by Gasteiger charge is 2.30. The van der Waals surface area contributed by atoms with Gasteiger partial charge in [0.05, 0.1) is 43.8 Å². The number of nitrogens with zero attached hydrogens (tertiary/aromatic N) is 3. The van der Waals surface area contributed by atoms with Crippen LogP contribution in [0.25, 0.3) is 0 Å². The second-order valence-electron chi connectivity index (χ2n) is 9.25. The summed E-state index contributed by atoms with van der Waals surface area (Å²) in [5.74, 6) is 1.23. The van der Waals surface area contributed by atoms with Crippen molar-refractivity contribution in [1.82, 2.24) is 9.97 Å². The van der Waals surface area contributed by atoms with Crippen LogP contribution in [0.1, 0.15) is 35.8 Å². The number of carbonyl (C=O) groups excluding carboxylic acids is 1. The molecule has 1 fully saturated rings. The largest absolute Gasteiger partial charge is 0.610 e. The summed E-state index contributed by atoms with van der Waals surface area (Å²) in [6.07, 6.45) is 6.12. The molecule has 1 aromatic carbocycles. The van der Waals surface area contributed by atoms with Gasteiger partial charge < -0.3 is 27.8 Å². The lowest BCUT2D eigenvalue weighted by atomic mass is 10.1. The van der Waals surface area contributed by atoms with Crippen molar-refractivity contribution in [2.75, 3.05) is 50.2 Å². The molecule has 2 unspecified atom stereocenters. The SMILES string of the molecule is CCC(COC)Oc1cc(Oc2ccc([S+](C)[O-])nc2)cc(C(=O)N(CSC)c2nc(CP3(=O)OCCCO3)cs2)c1. The Hall–Kier alpha value is -2.16. The number of thioether (sulfide) groups is 1. The quantitative estimate of drug-likeness (QED) is 0.116. The highest BCUT2D eigenvalue weighted by atomic mass is 32.2. The van der Waals surface area contributed by atoms with Crippen molar-refractivity contribution in [3.8, 4) is 17.2 Å². The lowest BCUT2D eigenvalue weighted by Crippen LogP contribution is -2.30. The molecule has 228 valence electrons. The summed E-state index contributed by atoms with van der Waals surface area (Å²) < 4.78 is 52.9. The fraction of sp³-hybridized carbons (Fsp3) is 0.444. The van der Waals surface area contributed by atoms with E-state index in [2.05, 4.69) is 9.97 Å². The van der Waals surface area contributed by atoms with Crippen LogP contribution in [0.2, 0.25) is 0 Å². The van der Waals surface area contributed by atoms with Gasteiger partial charge in [0.15, 0.2) is 5.13 Å². The zero-order chi connectivity index (χ0) is 30.1. The summed E-state index contributed by atoms with van der Waals surface area (Å²) in [7, 11) is -1.65. The Morgan fingerprint density at radius 1 is 1.24 bits per heavy atom. The molecular formula is C27H34N3O8PS3. The average molecular weight is 656 g/mol. The molecule has 1 amide bonds. The van der Waals surface area contributed by atoms with Crippen LogP contribution in [0.15, 0.2) is 46.9 Å². The minimum atomic E-state index is -3.26. The molecule has 0 aliphatic carbocycles. The van der Waals surface area contributed by atoms with Gasteiger partial charge in [0.1, 0.15) is 29.6 Å². The standard InChI is InChI=1S/C27H34N3O8PS3/c1-5-21(15-34-2)37-23-11-19(12-24(13-23)38-22-7-8-25(28-14-22)42(4)33)26(31)30(18-40-3)27-29-20(17-41-27)16-39(32)35-9-6-10-36-39/h7-8,11-14,17,21H,5-6,9-10,15-16,18H2,1-4H3. The number of hydrogen-bond acceptors (Lipinski definition) is 12. The third-order valence-corrected chi connectivity index (χ3v) is 10.1. The van der Waals surface area contributed by atoms with Gasteiger partial charge in [0, 0.05) is 41.4 Å². The lowest BCUT2D eigenvalue weighted by Gasteiger charge is -2.22. The Labute approximate surface area is 257 Å². The molecule has 0 bridgehead atoms. The zero-order valence-corrected chi connectivity index (χ0v) is 27.2. The number of carbonyl (C=O) groups is 1. The van der Waals surface area contributed by atoms with Crippen LogP contribution in [0.3, 0.4) is 0 Å². The smallest absolute Gasteiger partial charge is 0.336 e. The summed E-state index contributed by atoms with van der Waals surface area (Å²) >= 11 is 1.52. The van der Waals surface area contributed by atoms with Crippen molar-refractivity contribution in [2.45, 2.75) is 37.1 Å². The molecule has 1 aliphatic heterocycles. The number of ether oxygens (including phenoxy) is 3. The van der Waals surface area contributed by atoms with Crippen LogP contribution < -0.4 is 14.4 Å². The van der Waals surface area contributed by atoms with Gasteiger partial charge in [0.25, 0.3) is 5.91 Å². The van der Waals surface area contributed by atoms with Gasteiger partial charge in [0.2, 0.25) is 5.03 Å². The molecular weight excluding hydrogens is 621 g/mol. The van der Waals surface area contributed by atoms with Crippen molar-refractivity contribution >= 4 is 52.9 Å². The third kappa shape index (κ3) is 8.93. The second-order valence-corrected chi connectivity index (χ2v) is 14.3. The number of pyridine rings is 1. The van der Waals surface area contributed by atoms with Crippen LogP contribution >= 0.6 is 30.7 Å². The lowest BCUT2D eigenvalue weighted by molar-refractivity contribution is 0.0784. The van der Waals surface area contributed by atoms with E-state index in [0.717, 1.165) is 0 Å². The van der Waals surface area contributed by atoms with Gasteiger partial charge in [-0.25, -0.2) is 9.97 Å². The molecule has 11 nitrogen and oxygen atoms in total. The van der Waals surface area contributed by atoms with Crippen molar-refractivity contribution in [3.63, 3.8) is 0 Å².